The van der Waals surface area contributed by atoms with E-state index in [9.17, 15) is 4.39 Å². The quantitative estimate of drug-likeness (QED) is 0.669. The van der Waals surface area contributed by atoms with Gasteiger partial charge in [-0.3, -0.25) is 0 Å². The van der Waals surface area contributed by atoms with Gasteiger partial charge in [-0.15, -0.1) is 0 Å². The fourth-order valence-electron chi connectivity index (χ4n) is 1.41. The third kappa shape index (κ3) is 2.13. The molecule has 0 bridgehead atoms. The van der Waals surface area contributed by atoms with Crippen molar-refractivity contribution in [1.82, 2.24) is 4.98 Å². The molecule has 0 aromatic carbocycles. The highest BCUT2D eigenvalue weighted by Crippen LogP contribution is 2.17. The number of aromatic nitrogens is 1. The number of anilines is 1. The molecule has 2 rings (SSSR count). The minimum atomic E-state index is -0.355. The molecule has 1 fully saturated rings. The van der Waals surface area contributed by atoms with Gasteiger partial charge < -0.3 is 9.64 Å². The molecule has 0 saturated carbocycles. The molecule has 0 radical (unpaired) electrons. The summed E-state index contributed by atoms with van der Waals surface area (Å²) in [5, 5.41) is 0.187. The number of hydrogen-bond acceptors (Lipinski definition) is 3. The molecular weight excluding hydrogens is 207 g/mol. The Morgan fingerprint density at radius 1 is 1.36 bits per heavy atom. The Balaban J connectivity index is 2.21. The van der Waals surface area contributed by atoms with Crippen molar-refractivity contribution in [1.29, 1.82) is 0 Å². The van der Waals surface area contributed by atoms with Crippen LogP contribution in [-0.2, 0) is 4.74 Å². The van der Waals surface area contributed by atoms with Crippen LogP contribution in [-0.4, -0.2) is 31.3 Å². The zero-order chi connectivity index (χ0) is 9.97. The second kappa shape index (κ2) is 4.11. The summed E-state index contributed by atoms with van der Waals surface area (Å²) in [7, 11) is 0. The van der Waals surface area contributed by atoms with Crippen molar-refractivity contribution >= 4 is 17.4 Å². The molecule has 0 unspecified atom stereocenters. The van der Waals surface area contributed by atoms with Gasteiger partial charge in [0.1, 0.15) is 16.8 Å². The Kier molecular flexibility index (Phi) is 2.84. The monoisotopic (exact) mass is 216 g/mol. The van der Waals surface area contributed by atoms with Crippen LogP contribution >= 0.6 is 11.6 Å². The Morgan fingerprint density at radius 3 is 2.71 bits per heavy atom. The average Bonchev–Trinajstić information content (AvgIpc) is 2.18. The Morgan fingerprint density at radius 2 is 2.07 bits per heavy atom. The number of ether oxygens (including phenoxy) is 1. The lowest BCUT2D eigenvalue weighted by molar-refractivity contribution is 0.122. The first-order chi connectivity index (χ1) is 6.75. The van der Waals surface area contributed by atoms with Crippen molar-refractivity contribution in [2.24, 2.45) is 0 Å². The van der Waals surface area contributed by atoms with Gasteiger partial charge in [-0.25, -0.2) is 9.37 Å². The predicted octanol–water partition coefficient (Wildman–Crippen LogP) is 1.71. The van der Waals surface area contributed by atoms with Crippen molar-refractivity contribution < 1.29 is 9.13 Å². The molecule has 5 heteroatoms. The summed E-state index contributed by atoms with van der Waals surface area (Å²) in [6, 6.07) is 2.59. The van der Waals surface area contributed by atoms with Crippen molar-refractivity contribution in [3.8, 4) is 0 Å². The third-order valence-electron chi connectivity index (χ3n) is 2.08. The molecule has 0 N–H and O–H groups in total. The Labute approximate surface area is 86.4 Å². The summed E-state index contributed by atoms with van der Waals surface area (Å²) < 4.78 is 18.2. The first-order valence-corrected chi connectivity index (χ1v) is 4.79. The smallest absolute Gasteiger partial charge is 0.134 e. The third-order valence-corrected chi connectivity index (χ3v) is 2.27. The fourth-order valence-corrected chi connectivity index (χ4v) is 1.60. The standard InChI is InChI=1S/C9H10ClFN2O/c10-8-5-7(11)6-9(12-8)13-1-3-14-4-2-13/h5-6H,1-4H2. The minimum absolute atomic E-state index is 0.187. The van der Waals surface area contributed by atoms with Crippen LogP contribution in [0.4, 0.5) is 10.2 Å². The highest BCUT2D eigenvalue weighted by molar-refractivity contribution is 6.29. The van der Waals surface area contributed by atoms with Crippen LogP contribution in [0.3, 0.4) is 0 Å². The van der Waals surface area contributed by atoms with E-state index in [1.165, 1.54) is 12.1 Å². The van der Waals surface area contributed by atoms with Crippen molar-refractivity contribution in [2.45, 2.75) is 0 Å². The summed E-state index contributed by atoms with van der Waals surface area (Å²) >= 11 is 5.66. The van der Waals surface area contributed by atoms with Gasteiger partial charge in [0.25, 0.3) is 0 Å². The van der Waals surface area contributed by atoms with Gasteiger partial charge in [-0.05, 0) is 0 Å². The molecule has 1 aromatic heterocycles. The molecule has 1 aromatic rings. The van der Waals surface area contributed by atoms with E-state index in [1.54, 1.807) is 0 Å². The maximum atomic E-state index is 13.0. The molecule has 0 amide bonds. The first-order valence-electron chi connectivity index (χ1n) is 4.41. The van der Waals surface area contributed by atoms with Gasteiger partial charge in [0.2, 0.25) is 0 Å². The molecule has 0 atom stereocenters. The number of hydrogen-bond donors (Lipinski definition) is 0. The van der Waals surface area contributed by atoms with Crippen LogP contribution in [0.1, 0.15) is 0 Å². The molecule has 76 valence electrons. The van der Waals surface area contributed by atoms with E-state index in [0.29, 0.717) is 19.0 Å². The normalized spacial score (nSPS) is 17.1. The number of pyridine rings is 1. The molecule has 1 aliphatic rings. The molecule has 14 heavy (non-hydrogen) atoms. The summed E-state index contributed by atoms with van der Waals surface area (Å²) in [6.07, 6.45) is 0. The van der Waals surface area contributed by atoms with E-state index in [0.717, 1.165) is 13.1 Å². The lowest BCUT2D eigenvalue weighted by atomic mass is 10.3. The number of morpholine rings is 1. The van der Waals surface area contributed by atoms with Crippen molar-refractivity contribution in [2.75, 3.05) is 31.2 Å². The van der Waals surface area contributed by atoms with E-state index in [-0.39, 0.29) is 11.0 Å². The highest BCUT2D eigenvalue weighted by atomic mass is 35.5. The largest absolute Gasteiger partial charge is 0.378 e. The zero-order valence-electron chi connectivity index (χ0n) is 7.54. The predicted molar refractivity (Wildman–Crippen MR) is 52.2 cm³/mol. The summed E-state index contributed by atoms with van der Waals surface area (Å²) in [4.78, 5) is 6.01. The average molecular weight is 217 g/mol. The molecule has 0 aliphatic carbocycles. The van der Waals surface area contributed by atoms with E-state index in [4.69, 9.17) is 16.3 Å². The first kappa shape index (κ1) is 9.68. The van der Waals surface area contributed by atoms with Gasteiger partial charge in [-0.1, -0.05) is 11.6 Å². The lowest BCUT2D eigenvalue weighted by Gasteiger charge is -2.27. The van der Waals surface area contributed by atoms with Crippen LogP contribution in [0.5, 0.6) is 0 Å². The summed E-state index contributed by atoms with van der Waals surface area (Å²) in [5.41, 5.74) is 0. The lowest BCUT2D eigenvalue weighted by Crippen LogP contribution is -2.36. The molecule has 0 spiro atoms. The van der Waals surface area contributed by atoms with Gasteiger partial charge >= 0.3 is 0 Å². The second-order valence-corrected chi connectivity index (χ2v) is 3.45. The van der Waals surface area contributed by atoms with Crippen LogP contribution in [0.25, 0.3) is 0 Å². The zero-order valence-corrected chi connectivity index (χ0v) is 8.30. The Hall–Kier alpha value is -0.870. The molecule has 1 aliphatic heterocycles. The Bertz CT molecular complexity index is 308. The molecule has 1 saturated heterocycles. The van der Waals surface area contributed by atoms with Crippen molar-refractivity contribution in [3.05, 3.63) is 23.1 Å². The van der Waals surface area contributed by atoms with Crippen LogP contribution in [0.2, 0.25) is 5.15 Å². The van der Waals surface area contributed by atoms with Gasteiger partial charge in [-0.2, -0.15) is 0 Å². The fraction of sp³-hybridized carbons (Fsp3) is 0.444. The minimum Gasteiger partial charge on any atom is -0.378 e. The van der Waals surface area contributed by atoms with Crippen LogP contribution < -0.4 is 4.90 Å². The maximum absolute atomic E-state index is 13.0. The summed E-state index contributed by atoms with van der Waals surface area (Å²) in [6.45, 7) is 2.76. The molecular formula is C9H10ClFN2O. The SMILES string of the molecule is Fc1cc(Cl)nc(N2CCOCC2)c1. The van der Waals surface area contributed by atoms with Gasteiger partial charge in [0.15, 0.2) is 0 Å². The number of nitrogens with zero attached hydrogens (tertiary/aromatic N) is 2. The maximum Gasteiger partial charge on any atom is 0.134 e. The highest BCUT2D eigenvalue weighted by Gasteiger charge is 2.13. The topological polar surface area (TPSA) is 25.4 Å². The van der Waals surface area contributed by atoms with Gasteiger partial charge in [0.05, 0.1) is 13.2 Å². The summed E-state index contributed by atoms with van der Waals surface area (Å²) in [5.74, 6) is 0.227. The van der Waals surface area contributed by atoms with Crippen molar-refractivity contribution in [3.63, 3.8) is 0 Å². The van der Waals surface area contributed by atoms with E-state index in [1.807, 2.05) is 4.90 Å². The molecule has 2 heterocycles. The van der Waals surface area contributed by atoms with E-state index < -0.39 is 0 Å². The van der Waals surface area contributed by atoms with Crippen LogP contribution in [0, 0.1) is 5.82 Å². The van der Waals surface area contributed by atoms with E-state index in [2.05, 4.69) is 4.98 Å². The van der Waals surface area contributed by atoms with Gasteiger partial charge in [0, 0.05) is 25.2 Å². The van der Waals surface area contributed by atoms with Crippen LogP contribution in [0.15, 0.2) is 12.1 Å². The number of halogens is 2. The number of rotatable bonds is 1. The second-order valence-electron chi connectivity index (χ2n) is 3.07. The molecule has 3 nitrogen and oxygen atoms in total. The van der Waals surface area contributed by atoms with E-state index >= 15 is 0 Å².